The molecule has 0 bridgehead atoms. The lowest BCUT2D eigenvalue weighted by molar-refractivity contribution is -0.120. The van der Waals surface area contributed by atoms with Crippen molar-refractivity contribution in [2.45, 2.75) is 25.3 Å². The number of carbonyl (C=O) groups excluding carboxylic acids is 1. The van der Waals surface area contributed by atoms with Crippen LogP contribution in [0.2, 0.25) is 0 Å². The molecule has 1 aliphatic carbocycles. The molecule has 1 rings (SSSR count). The van der Waals surface area contributed by atoms with Crippen LogP contribution in [-0.2, 0) is 14.8 Å². The van der Waals surface area contributed by atoms with E-state index in [-0.39, 0.29) is 12.5 Å². The van der Waals surface area contributed by atoms with Gasteiger partial charge in [0.2, 0.25) is 15.9 Å². The van der Waals surface area contributed by atoms with Crippen LogP contribution in [0, 0.1) is 0 Å². The highest BCUT2D eigenvalue weighted by atomic mass is 32.2. The summed E-state index contributed by atoms with van der Waals surface area (Å²) in [4.78, 5) is 11.2. The van der Waals surface area contributed by atoms with Gasteiger partial charge in [0.1, 0.15) is 0 Å². The normalized spacial score (nSPS) is 16.1. The molecule has 6 nitrogen and oxygen atoms in total. The Kier molecular flexibility index (Phi) is 5.17. The van der Waals surface area contributed by atoms with Gasteiger partial charge in [-0.15, -0.1) is 0 Å². The Bertz CT molecular complexity index is 325. The van der Waals surface area contributed by atoms with Gasteiger partial charge in [-0.05, 0) is 12.8 Å². The molecule has 0 unspecified atom stereocenters. The van der Waals surface area contributed by atoms with E-state index < -0.39 is 10.0 Å². The zero-order valence-corrected chi connectivity index (χ0v) is 10.3. The van der Waals surface area contributed by atoms with Crippen molar-refractivity contribution in [3.8, 4) is 0 Å². The Morgan fingerprint density at radius 3 is 2.50 bits per heavy atom. The minimum Gasteiger partial charge on any atom is -0.355 e. The quantitative estimate of drug-likeness (QED) is 0.471. The van der Waals surface area contributed by atoms with E-state index in [4.69, 9.17) is 0 Å². The first-order valence-electron chi connectivity index (χ1n) is 5.42. The van der Waals surface area contributed by atoms with Crippen molar-refractivity contribution in [1.82, 2.24) is 15.4 Å². The van der Waals surface area contributed by atoms with Crippen molar-refractivity contribution in [3.63, 3.8) is 0 Å². The molecule has 1 aliphatic rings. The SMILES string of the molecule is CS(=O)(=O)NCCNC(=O)CCNC1CC1. The van der Waals surface area contributed by atoms with Crippen LogP contribution in [-0.4, -0.2) is 46.3 Å². The van der Waals surface area contributed by atoms with Gasteiger partial charge in [-0.3, -0.25) is 4.79 Å². The van der Waals surface area contributed by atoms with Gasteiger partial charge in [-0.25, -0.2) is 13.1 Å². The molecule has 16 heavy (non-hydrogen) atoms. The third-order valence-corrected chi connectivity index (χ3v) is 2.90. The van der Waals surface area contributed by atoms with Crippen molar-refractivity contribution in [2.24, 2.45) is 0 Å². The molecule has 0 aromatic rings. The Labute approximate surface area is 96.2 Å². The average Bonchev–Trinajstić information content (AvgIpc) is 2.95. The molecule has 7 heteroatoms. The zero-order valence-electron chi connectivity index (χ0n) is 9.45. The molecular weight excluding hydrogens is 230 g/mol. The third kappa shape index (κ3) is 7.61. The highest BCUT2D eigenvalue weighted by Gasteiger charge is 2.19. The minimum atomic E-state index is -3.16. The summed E-state index contributed by atoms with van der Waals surface area (Å²) in [5.74, 6) is -0.0524. The lowest BCUT2D eigenvalue weighted by Gasteiger charge is -2.06. The molecule has 3 N–H and O–H groups in total. The van der Waals surface area contributed by atoms with Crippen molar-refractivity contribution in [1.29, 1.82) is 0 Å². The number of hydrogen-bond donors (Lipinski definition) is 3. The van der Waals surface area contributed by atoms with Crippen molar-refractivity contribution < 1.29 is 13.2 Å². The maximum absolute atomic E-state index is 11.2. The molecule has 94 valence electrons. The van der Waals surface area contributed by atoms with E-state index in [9.17, 15) is 13.2 Å². The van der Waals surface area contributed by atoms with E-state index in [0.29, 0.717) is 25.6 Å². The summed E-state index contributed by atoms with van der Waals surface area (Å²) in [6.07, 6.45) is 3.95. The van der Waals surface area contributed by atoms with Gasteiger partial charge >= 0.3 is 0 Å². The van der Waals surface area contributed by atoms with Crippen LogP contribution < -0.4 is 15.4 Å². The van der Waals surface area contributed by atoms with Gasteiger partial charge in [-0.1, -0.05) is 0 Å². The van der Waals surface area contributed by atoms with Crippen molar-refractivity contribution >= 4 is 15.9 Å². The predicted molar refractivity (Wildman–Crippen MR) is 61.5 cm³/mol. The fourth-order valence-electron chi connectivity index (χ4n) is 1.20. The van der Waals surface area contributed by atoms with Crippen LogP contribution in [0.4, 0.5) is 0 Å². The molecule has 0 saturated heterocycles. The maximum Gasteiger partial charge on any atom is 0.221 e. The van der Waals surface area contributed by atoms with Crippen LogP contribution in [0.3, 0.4) is 0 Å². The smallest absolute Gasteiger partial charge is 0.221 e. The molecule has 1 fully saturated rings. The highest BCUT2D eigenvalue weighted by molar-refractivity contribution is 7.88. The van der Waals surface area contributed by atoms with Gasteiger partial charge in [0.25, 0.3) is 0 Å². The van der Waals surface area contributed by atoms with E-state index in [1.54, 1.807) is 0 Å². The first kappa shape index (κ1) is 13.4. The second-order valence-corrected chi connectivity index (χ2v) is 5.83. The summed E-state index contributed by atoms with van der Waals surface area (Å²) in [5.41, 5.74) is 0. The number of sulfonamides is 1. The molecule has 0 aromatic heterocycles. The van der Waals surface area contributed by atoms with E-state index in [2.05, 4.69) is 15.4 Å². The van der Waals surface area contributed by atoms with E-state index in [0.717, 1.165) is 6.26 Å². The number of amides is 1. The second-order valence-electron chi connectivity index (χ2n) is 3.99. The van der Waals surface area contributed by atoms with Crippen LogP contribution in [0.5, 0.6) is 0 Å². The van der Waals surface area contributed by atoms with E-state index in [1.807, 2.05) is 0 Å². The largest absolute Gasteiger partial charge is 0.355 e. The molecular formula is C9H19N3O3S. The number of carbonyl (C=O) groups is 1. The first-order valence-corrected chi connectivity index (χ1v) is 7.31. The Balaban J connectivity index is 1.92. The summed E-state index contributed by atoms with van der Waals surface area (Å²) in [6, 6.07) is 0.611. The van der Waals surface area contributed by atoms with Gasteiger partial charge in [0.15, 0.2) is 0 Å². The predicted octanol–water partition coefficient (Wildman–Crippen LogP) is -1.21. The lowest BCUT2D eigenvalue weighted by Crippen LogP contribution is -2.35. The van der Waals surface area contributed by atoms with Crippen LogP contribution in [0.25, 0.3) is 0 Å². The first-order chi connectivity index (χ1) is 7.47. The number of hydrogen-bond acceptors (Lipinski definition) is 4. The maximum atomic E-state index is 11.2. The minimum absolute atomic E-state index is 0.0524. The standard InChI is InChI=1S/C9H19N3O3S/c1-16(14,15)12-7-6-11-9(13)4-5-10-8-2-3-8/h8,10,12H,2-7H2,1H3,(H,11,13). The molecule has 0 radical (unpaired) electrons. The van der Waals surface area contributed by atoms with E-state index in [1.165, 1.54) is 12.8 Å². The molecule has 0 aliphatic heterocycles. The highest BCUT2D eigenvalue weighted by Crippen LogP contribution is 2.18. The van der Waals surface area contributed by atoms with Gasteiger partial charge < -0.3 is 10.6 Å². The molecule has 1 amide bonds. The average molecular weight is 249 g/mol. The molecule has 0 heterocycles. The summed E-state index contributed by atoms with van der Waals surface area (Å²) in [7, 11) is -3.16. The van der Waals surface area contributed by atoms with Crippen LogP contribution in [0.1, 0.15) is 19.3 Å². The van der Waals surface area contributed by atoms with Crippen LogP contribution >= 0.6 is 0 Å². The van der Waals surface area contributed by atoms with Gasteiger partial charge in [-0.2, -0.15) is 0 Å². The second kappa shape index (κ2) is 6.17. The van der Waals surface area contributed by atoms with Gasteiger partial charge in [0.05, 0.1) is 6.26 Å². The summed E-state index contributed by atoms with van der Waals surface area (Å²) >= 11 is 0. The van der Waals surface area contributed by atoms with Crippen molar-refractivity contribution in [3.05, 3.63) is 0 Å². The molecule has 0 aromatic carbocycles. The zero-order chi connectivity index (χ0) is 12.0. The Hall–Kier alpha value is -0.660. The van der Waals surface area contributed by atoms with Gasteiger partial charge in [0, 0.05) is 32.1 Å². The molecule has 0 spiro atoms. The summed E-state index contributed by atoms with van der Waals surface area (Å²) in [5, 5.41) is 5.87. The van der Waals surface area contributed by atoms with E-state index >= 15 is 0 Å². The lowest BCUT2D eigenvalue weighted by atomic mass is 10.4. The summed E-state index contributed by atoms with van der Waals surface area (Å²) < 4.78 is 23.7. The Morgan fingerprint density at radius 1 is 1.25 bits per heavy atom. The number of nitrogens with one attached hydrogen (secondary N) is 3. The van der Waals surface area contributed by atoms with Crippen molar-refractivity contribution in [2.75, 3.05) is 25.9 Å². The fourth-order valence-corrected chi connectivity index (χ4v) is 1.68. The topological polar surface area (TPSA) is 87.3 Å². The fraction of sp³-hybridized carbons (Fsp3) is 0.889. The number of rotatable bonds is 8. The Morgan fingerprint density at radius 2 is 1.94 bits per heavy atom. The molecule has 1 saturated carbocycles. The third-order valence-electron chi connectivity index (χ3n) is 2.17. The monoisotopic (exact) mass is 249 g/mol. The summed E-state index contributed by atoms with van der Waals surface area (Å²) in [6.45, 7) is 1.26. The van der Waals surface area contributed by atoms with Crippen LogP contribution in [0.15, 0.2) is 0 Å². The molecule has 0 atom stereocenters.